The molecule has 3 heteroatoms. The van der Waals surface area contributed by atoms with Crippen molar-refractivity contribution in [2.24, 2.45) is 5.92 Å². The van der Waals surface area contributed by atoms with Crippen LogP contribution in [-0.2, 0) is 4.79 Å². The van der Waals surface area contributed by atoms with Crippen molar-refractivity contribution in [2.45, 2.75) is 26.4 Å². The van der Waals surface area contributed by atoms with E-state index < -0.39 is 11.6 Å². The number of hydrogen-bond acceptors (Lipinski definition) is 2. The number of rotatable bonds is 4. The van der Waals surface area contributed by atoms with E-state index in [1.807, 2.05) is 56.3 Å². The number of fused-ring (bicyclic) bond motifs is 1. The van der Waals surface area contributed by atoms with E-state index in [9.17, 15) is 9.90 Å². The maximum atomic E-state index is 11.5. The van der Waals surface area contributed by atoms with Gasteiger partial charge in [0.05, 0.1) is 0 Å². The van der Waals surface area contributed by atoms with Crippen LogP contribution in [0.25, 0.3) is 10.8 Å². The molecule has 0 saturated carbocycles. The van der Waals surface area contributed by atoms with Crippen LogP contribution < -0.4 is 4.74 Å². The Morgan fingerprint density at radius 1 is 1.16 bits per heavy atom. The quantitative estimate of drug-likeness (QED) is 0.909. The van der Waals surface area contributed by atoms with Crippen LogP contribution >= 0.6 is 0 Å². The SMILES string of the molecule is CC(C)C(C)(Oc1cccc2ccccc12)C(=O)O. The van der Waals surface area contributed by atoms with Gasteiger partial charge in [0, 0.05) is 11.3 Å². The second kappa shape index (κ2) is 4.92. The van der Waals surface area contributed by atoms with Crippen LogP contribution in [-0.4, -0.2) is 16.7 Å². The zero-order valence-electron chi connectivity index (χ0n) is 11.4. The molecule has 1 unspecified atom stereocenters. The average Bonchev–Trinajstić information content (AvgIpc) is 2.38. The Balaban J connectivity index is 2.48. The molecule has 2 aromatic rings. The Hall–Kier alpha value is -2.03. The summed E-state index contributed by atoms with van der Waals surface area (Å²) < 4.78 is 5.84. The minimum Gasteiger partial charge on any atom is -0.478 e. The third-order valence-corrected chi connectivity index (χ3v) is 3.60. The molecule has 2 aromatic carbocycles. The molecule has 0 bridgehead atoms. The fraction of sp³-hybridized carbons (Fsp3) is 0.312. The number of hydrogen-bond donors (Lipinski definition) is 1. The van der Waals surface area contributed by atoms with Crippen LogP contribution in [0.1, 0.15) is 20.8 Å². The van der Waals surface area contributed by atoms with Crippen LogP contribution in [0, 0.1) is 5.92 Å². The zero-order chi connectivity index (χ0) is 14.0. The van der Waals surface area contributed by atoms with Crippen molar-refractivity contribution >= 4 is 16.7 Å². The van der Waals surface area contributed by atoms with Crippen LogP contribution in [0.4, 0.5) is 0 Å². The molecular formula is C16H18O3. The molecule has 0 heterocycles. The zero-order valence-corrected chi connectivity index (χ0v) is 11.4. The Labute approximate surface area is 112 Å². The van der Waals surface area contributed by atoms with E-state index in [1.54, 1.807) is 6.92 Å². The lowest BCUT2D eigenvalue weighted by molar-refractivity contribution is -0.157. The van der Waals surface area contributed by atoms with Crippen LogP contribution in [0.5, 0.6) is 5.75 Å². The van der Waals surface area contributed by atoms with Crippen molar-refractivity contribution in [1.29, 1.82) is 0 Å². The number of ether oxygens (including phenoxy) is 1. The molecule has 0 aliphatic carbocycles. The first-order valence-corrected chi connectivity index (χ1v) is 6.35. The molecule has 0 spiro atoms. The van der Waals surface area contributed by atoms with Gasteiger partial charge in [-0.3, -0.25) is 0 Å². The van der Waals surface area contributed by atoms with Crippen LogP contribution in [0.3, 0.4) is 0 Å². The largest absolute Gasteiger partial charge is 0.478 e. The van der Waals surface area contributed by atoms with Gasteiger partial charge in [0.15, 0.2) is 0 Å². The summed E-state index contributed by atoms with van der Waals surface area (Å²) in [7, 11) is 0. The first-order chi connectivity index (χ1) is 8.95. The lowest BCUT2D eigenvalue weighted by Crippen LogP contribution is -2.46. The summed E-state index contributed by atoms with van der Waals surface area (Å²) in [5, 5.41) is 11.4. The maximum Gasteiger partial charge on any atom is 0.348 e. The Bertz CT molecular complexity index is 598. The Kier molecular flexibility index (Phi) is 3.47. The van der Waals surface area contributed by atoms with Gasteiger partial charge >= 0.3 is 5.97 Å². The predicted octanol–water partition coefficient (Wildman–Crippen LogP) is 3.72. The van der Waals surface area contributed by atoms with Gasteiger partial charge in [0.25, 0.3) is 0 Å². The van der Waals surface area contributed by atoms with Gasteiger partial charge in [-0.1, -0.05) is 50.2 Å². The summed E-state index contributed by atoms with van der Waals surface area (Å²) in [4.78, 5) is 11.5. The summed E-state index contributed by atoms with van der Waals surface area (Å²) in [6.45, 7) is 5.31. The topological polar surface area (TPSA) is 46.5 Å². The fourth-order valence-electron chi connectivity index (χ4n) is 1.92. The molecule has 0 aliphatic heterocycles. The van der Waals surface area contributed by atoms with Gasteiger partial charge in [-0.25, -0.2) is 4.79 Å². The minimum atomic E-state index is -1.23. The number of aliphatic carboxylic acids is 1. The number of carboxylic acids is 1. The van der Waals surface area contributed by atoms with Gasteiger partial charge in [-0.15, -0.1) is 0 Å². The smallest absolute Gasteiger partial charge is 0.348 e. The van der Waals surface area contributed by atoms with E-state index in [0.29, 0.717) is 5.75 Å². The molecule has 0 amide bonds. The van der Waals surface area contributed by atoms with Crippen molar-refractivity contribution in [1.82, 2.24) is 0 Å². The van der Waals surface area contributed by atoms with E-state index in [-0.39, 0.29) is 5.92 Å². The van der Waals surface area contributed by atoms with Crippen molar-refractivity contribution in [3.63, 3.8) is 0 Å². The van der Waals surface area contributed by atoms with E-state index in [4.69, 9.17) is 4.74 Å². The average molecular weight is 258 g/mol. The summed E-state index contributed by atoms with van der Waals surface area (Å²) in [6.07, 6.45) is 0. The van der Waals surface area contributed by atoms with Gasteiger partial charge in [-0.05, 0) is 18.4 Å². The molecule has 0 aliphatic rings. The normalized spacial score (nSPS) is 14.3. The number of carbonyl (C=O) groups is 1. The molecule has 1 atom stereocenters. The van der Waals surface area contributed by atoms with Gasteiger partial charge in [0.2, 0.25) is 5.60 Å². The third kappa shape index (κ3) is 2.41. The van der Waals surface area contributed by atoms with Gasteiger partial charge < -0.3 is 9.84 Å². The predicted molar refractivity (Wildman–Crippen MR) is 75.5 cm³/mol. The van der Waals surface area contributed by atoms with E-state index in [1.165, 1.54) is 0 Å². The van der Waals surface area contributed by atoms with Gasteiger partial charge in [-0.2, -0.15) is 0 Å². The highest BCUT2D eigenvalue weighted by Gasteiger charge is 2.39. The van der Waals surface area contributed by atoms with Crippen LogP contribution in [0.15, 0.2) is 42.5 Å². The molecule has 3 nitrogen and oxygen atoms in total. The highest BCUT2D eigenvalue weighted by molar-refractivity contribution is 5.89. The summed E-state index contributed by atoms with van der Waals surface area (Å²) in [6, 6.07) is 13.5. The standard InChI is InChI=1S/C16H18O3/c1-11(2)16(3,15(17)18)19-14-10-6-8-12-7-4-5-9-13(12)14/h4-11H,1-3H3,(H,17,18). The van der Waals surface area contributed by atoms with Crippen molar-refractivity contribution in [3.05, 3.63) is 42.5 Å². The molecular weight excluding hydrogens is 240 g/mol. The summed E-state index contributed by atoms with van der Waals surface area (Å²) in [5.74, 6) is -0.476. The Morgan fingerprint density at radius 2 is 1.79 bits per heavy atom. The second-order valence-electron chi connectivity index (χ2n) is 5.15. The van der Waals surface area contributed by atoms with E-state index in [2.05, 4.69) is 0 Å². The highest BCUT2D eigenvalue weighted by Crippen LogP contribution is 2.31. The van der Waals surface area contributed by atoms with Gasteiger partial charge in [0.1, 0.15) is 5.75 Å². The van der Waals surface area contributed by atoms with Crippen molar-refractivity contribution < 1.29 is 14.6 Å². The Morgan fingerprint density at radius 3 is 2.42 bits per heavy atom. The lowest BCUT2D eigenvalue weighted by Gasteiger charge is -2.30. The molecule has 0 fully saturated rings. The molecule has 2 rings (SSSR count). The number of carboxylic acid groups (broad SMARTS) is 1. The molecule has 0 aromatic heterocycles. The summed E-state index contributed by atoms with van der Waals surface area (Å²) >= 11 is 0. The second-order valence-corrected chi connectivity index (χ2v) is 5.15. The van der Waals surface area contributed by atoms with Crippen LogP contribution in [0.2, 0.25) is 0 Å². The minimum absolute atomic E-state index is 0.135. The molecule has 1 N–H and O–H groups in total. The highest BCUT2D eigenvalue weighted by atomic mass is 16.5. The van der Waals surface area contributed by atoms with Crippen molar-refractivity contribution in [2.75, 3.05) is 0 Å². The number of benzene rings is 2. The lowest BCUT2D eigenvalue weighted by atomic mass is 9.92. The molecule has 0 saturated heterocycles. The molecule has 19 heavy (non-hydrogen) atoms. The van der Waals surface area contributed by atoms with Crippen molar-refractivity contribution in [3.8, 4) is 5.75 Å². The first kappa shape index (κ1) is 13.4. The molecule has 100 valence electrons. The monoisotopic (exact) mass is 258 g/mol. The first-order valence-electron chi connectivity index (χ1n) is 6.35. The molecule has 0 radical (unpaired) electrons. The van der Waals surface area contributed by atoms with E-state index >= 15 is 0 Å². The third-order valence-electron chi connectivity index (χ3n) is 3.60. The maximum absolute atomic E-state index is 11.5. The fourth-order valence-corrected chi connectivity index (χ4v) is 1.92. The van der Waals surface area contributed by atoms with E-state index in [0.717, 1.165) is 10.8 Å². The summed E-state index contributed by atoms with van der Waals surface area (Å²) in [5.41, 5.74) is -1.23.